The van der Waals surface area contributed by atoms with E-state index in [0.717, 1.165) is 13.0 Å². The highest BCUT2D eigenvalue weighted by Crippen LogP contribution is 2.27. The van der Waals surface area contributed by atoms with Gasteiger partial charge in [-0.1, -0.05) is 6.42 Å². The molecule has 10 heavy (non-hydrogen) atoms. The van der Waals surface area contributed by atoms with Crippen molar-refractivity contribution in [3.8, 4) is 0 Å². The summed E-state index contributed by atoms with van der Waals surface area (Å²) in [5.41, 5.74) is 5.54. The Morgan fingerprint density at radius 3 is 2.60 bits per heavy atom. The largest absolute Gasteiger partial charge is 0.396 e. The van der Waals surface area contributed by atoms with Gasteiger partial charge in [0, 0.05) is 6.61 Å². The van der Waals surface area contributed by atoms with Gasteiger partial charge in [-0.3, -0.25) is 0 Å². The van der Waals surface area contributed by atoms with Crippen molar-refractivity contribution in [1.29, 1.82) is 0 Å². The van der Waals surface area contributed by atoms with Crippen LogP contribution in [0.1, 0.15) is 25.7 Å². The predicted molar refractivity (Wildman–Crippen MR) is 41.6 cm³/mol. The van der Waals surface area contributed by atoms with Gasteiger partial charge in [0.1, 0.15) is 0 Å². The summed E-state index contributed by atoms with van der Waals surface area (Å²) in [5.74, 6) is 1.23. The molecule has 1 rings (SSSR count). The van der Waals surface area contributed by atoms with Crippen molar-refractivity contribution in [2.75, 3.05) is 13.2 Å². The van der Waals surface area contributed by atoms with Crippen molar-refractivity contribution in [2.24, 2.45) is 17.6 Å². The van der Waals surface area contributed by atoms with Crippen molar-refractivity contribution >= 4 is 0 Å². The molecule has 0 aromatic heterocycles. The Morgan fingerprint density at radius 2 is 2.00 bits per heavy atom. The first-order valence-corrected chi connectivity index (χ1v) is 4.17. The molecule has 0 amide bonds. The Kier molecular flexibility index (Phi) is 3.16. The molecule has 0 aliphatic heterocycles. The summed E-state index contributed by atoms with van der Waals surface area (Å²) in [6.45, 7) is 1.16. The van der Waals surface area contributed by atoms with Crippen LogP contribution in [-0.4, -0.2) is 18.3 Å². The van der Waals surface area contributed by atoms with Gasteiger partial charge < -0.3 is 10.8 Å². The highest BCUT2D eigenvalue weighted by molar-refractivity contribution is 4.72. The van der Waals surface area contributed by atoms with Crippen LogP contribution in [0, 0.1) is 11.8 Å². The van der Waals surface area contributed by atoms with Crippen molar-refractivity contribution in [1.82, 2.24) is 0 Å². The second-order valence-electron chi connectivity index (χ2n) is 3.32. The monoisotopic (exact) mass is 143 g/mol. The minimum Gasteiger partial charge on any atom is -0.396 e. The van der Waals surface area contributed by atoms with E-state index in [1.807, 2.05) is 0 Å². The van der Waals surface area contributed by atoms with Gasteiger partial charge in [-0.25, -0.2) is 0 Å². The molecule has 60 valence electrons. The van der Waals surface area contributed by atoms with Crippen LogP contribution < -0.4 is 5.73 Å². The average Bonchev–Trinajstić information content (AvgIpc) is 2.05. The summed E-state index contributed by atoms with van der Waals surface area (Å²) in [6, 6.07) is 0. The maximum Gasteiger partial charge on any atom is 0.0459 e. The lowest BCUT2D eigenvalue weighted by molar-refractivity contribution is 0.163. The van der Waals surface area contributed by atoms with E-state index in [0.29, 0.717) is 18.4 Å². The number of rotatable bonds is 2. The number of aliphatic hydroxyl groups excluding tert-OH is 1. The summed E-state index contributed by atoms with van der Waals surface area (Å²) in [4.78, 5) is 0. The Bertz CT molecular complexity index is 85.3. The first kappa shape index (κ1) is 8.02. The van der Waals surface area contributed by atoms with Crippen LogP contribution in [0.25, 0.3) is 0 Å². The molecule has 2 unspecified atom stereocenters. The van der Waals surface area contributed by atoms with Crippen molar-refractivity contribution in [3.05, 3.63) is 0 Å². The van der Waals surface area contributed by atoms with E-state index in [1.165, 1.54) is 19.3 Å². The Morgan fingerprint density at radius 1 is 1.30 bits per heavy atom. The number of hydrogen-bond acceptors (Lipinski definition) is 2. The van der Waals surface area contributed by atoms with E-state index in [1.54, 1.807) is 0 Å². The van der Waals surface area contributed by atoms with E-state index in [9.17, 15) is 0 Å². The van der Waals surface area contributed by atoms with Gasteiger partial charge in [0.15, 0.2) is 0 Å². The molecule has 0 heterocycles. The van der Waals surface area contributed by atoms with E-state index < -0.39 is 0 Å². The lowest BCUT2D eigenvalue weighted by atomic mass is 9.82. The van der Waals surface area contributed by atoms with Gasteiger partial charge in [0.05, 0.1) is 0 Å². The van der Waals surface area contributed by atoms with Crippen LogP contribution in [0.2, 0.25) is 0 Å². The quantitative estimate of drug-likeness (QED) is 0.599. The van der Waals surface area contributed by atoms with Crippen LogP contribution >= 0.6 is 0 Å². The molecule has 2 atom stereocenters. The topological polar surface area (TPSA) is 46.2 Å². The zero-order chi connectivity index (χ0) is 7.40. The minimum atomic E-state index is 0.358. The smallest absolute Gasteiger partial charge is 0.0459 e. The average molecular weight is 143 g/mol. The molecule has 1 saturated carbocycles. The number of hydrogen-bond donors (Lipinski definition) is 2. The summed E-state index contributed by atoms with van der Waals surface area (Å²) in [7, 11) is 0. The molecule has 0 saturated heterocycles. The molecule has 0 aromatic carbocycles. The molecule has 2 nitrogen and oxygen atoms in total. The Hall–Kier alpha value is -0.0800. The third-order valence-electron chi connectivity index (χ3n) is 2.48. The second kappa shape index (κ2) is 3.94. The van der Waals surface area contributed by atoms with Gasteiger partial charge in [0.2, 0.25) is 0 Å². The highest BCUT2D eigenvalue weighted by atomic mass is 16.3. The van der Waals surface area contributed by atoms with Gasteiger partial charge in [-0.05, 0) is 37.6 Å². The number of nitrogens with two attached hydrogens (primary N) is 1. The molecule has 0 spiro atoms. The van der Waals surface area contributed by atoms with Crippen molar-refractivity contribution < 1.29 is 5.11 Å². The fourth-order valence-electron chi connectivity index (χ4n) is 1.78. The molecular formula is C8H17NO. The second-order valence-corrected chi connectivity index (χ2v) is 3.32. The van der Waals surface area contributed by atoms with Crippen LogP contribution in [0.3, 0.4) is 0 Å². The van der Waals surface area contributed by atoms with Crippen molar-refractivity contribution in [3.63, 3.8) is 0 Å². The molecule has 1 fully saturated rings. The third kappa shape index (κ3) is 1.96. The van der Waals surface area contributed by atoms with E-state index in [4.69, 9.17) is 10.8 Å². The predicted octanol–water partition coefficient (Wildman–Crippen LogP) is 0.744. The van der Waals surface area contributed by atoms with E-state index in [2.05, 4.69) is 0 Å². The molecule has 0 radical (unpaired) electrons. The van der Waals surface area contributed by atoms with Crippen molar-refractivity contribution in [2.45, 2.75) is 25.7 Å². The minimum absolute atomic E-state index is 0.358. The zero-order valence-electron chi connectivity index (χ0n) is 6.42. The molecule has 0 bridgehead atoms. The normalized spacial score (nSPS) is 34.2. The molecule has 2 heteroatoms. The van der Waals surface area contributed by atoms with E-state index in [-0.39, 0.29) is 0 Å². The van der Waals surface area contributed by atoms with Crippen LogP contribution in [0.5, 0.6) is 0 Å². The molecule has 1 aliphatic carbocycles. The van der Waals surface area contributed by atoms with Crippen LogP contribution in [0.4, 0.5) is 0 Å². The standard InChI is InChI=1S/C8H17NO/c9-5-7-2-1-3-8(4-7)6-10/h7-8,10H,1-6,9H2. The summed E-state index contributed by atoms with van der Waals surface area (Å²) >= 11 is 0. The zero-order valence-corrected chi connectivity index (χ0v) is 6.42. The fraction of sp³-hybridized carbons (Fsp3) is 1.00. The molecular weight excluding hydrogens is 126 g/mol. The summed E-state index contributed by atoms with van der Waals surface area (Å²) < 4.78 is 0. The van der Waals surface area contributed by atoms with Gasteiger partial charge in [0.25, 0.3) is 0 Å². The maximum atomic E-state index is 8.86. The molecule has 0 aromatic rings. The fourth-order valence-corrected chi connectivity index (χ4v) is 1.78. The third-order valence-corrected chi connectivity index (χ3v) is 2.48. The summed E-state index contributed by atoms with van der Waals surface area (Å²) in [6.07, 6.45) is 4.88. The van der Waals surface area contributed by atoms with Crippen LogP contribution in [-0.2, 0) is 0 Å². The van der Waals surface area contributed by atoms with Gasteiger partial charge in [-0.2, -0.15) is 0 Å². The highest BCUT2D eigenvalue weighted by Gasteiger charge is 2.19. The lowest BCUT2D eigenvalue weighted by Crippen LogP contribution is -2.24. The van der Waals surface area contributed by atoms with Gasteiger partial charge >= 0.3 is 0 Å². The van der Waals surface area contributed by atoms with Crippen LogP contribution in [0.15, 0.2) is 0 Å². The summed E-state index contributed by atoms with van der Waals surface area (Å²) in [5, 5.41) is 8.86. The SMILES string of the molecule is NCC1CCCC(CO)C1. The first-order valence-electron chi connectivity index (χ1n) is 4.17. The molecule has 3 N–H and O–H groups in total. The maximum absolute atomic E-state index is 8.86. The molecule has 1 aliphatic rings. The Balaban J connectivity index is 2.25. The first-order chi connectivity index (χ1) is 4.86. The van der Waals surface area contributed by atoms with E-state index >= 15 is 0 Å². The number of aliphatic hydroxyl groups is 1. The lowest BCUT2D eigenvalue weighted by Gasteiger charge is -2.26. The Labute approximate surface area is 62.4 Å². The van der Waals surface area contributed by atoms with Gasteiger partial charge in [-0.15, -0.1) is 0 Å².